The third-order valence-electron chi connectivity index (χ3n) is 0.221. The van der Waals surface area contributed by atoms with E-state index in [0.29, 0.717) is 0 Å². The van der Waals surface area contributed by atoms with Crippen LogP contribution in [0.4, 0.5) is 0 Å². The molecule has 52 valence electrons. The molecule has 0 unspecified atom stereocenters. The van der Waals surface area contributed by atoms with E-state index in [0.717, 1.165) is 0 Å². The van der Waals surface area contributed by atoms with Gasteiger partial charge >= 0.3 is 55.4 Å². The van der Waals surface area contributed by atoms with Gasteiger partial charge in [-0.15, -0.1) is 0 Å². The van der Waals surface area contributed by atoms with E-state index in [2.05, 4.69) is 0 Å². The number of hydrogen-bond acceptors (Lipinski definition) is 3. The second kappa shape index (κ2) is 8.24. The van der Waals surface area contributed by atoms with Gasteiger partial charge in [0, 0.05) is 0 Å². The van der Waals surface area contributed by atoms with Gasteiger partial charge in [-0.3, -0.25) is 4.55 Å². The molecule has 0 radical (unpaired) electrons. The smallest absolute Gasteiger partial charge is 1.00 e. The predicted molar refractivity (Wildman–Crippen MR) is 31.3 cm³/mol. The van der Waals surface area contributed by atoms with Crippen molar-refractivity contribution >= 4 is 28.6 Å². The van der Waals surface area contributed by atoms with Crippen LogP contribution in [0.2, 0.25) is 0 Å². The van der Waals surface area contributed by atoms with Gasteiger partial charge in [0.1, 0.15) is 0 Å². The van der Waals surface area contributed by atoms with Gasteiger partial charge in [-0.25, -0.2) is 0 Å². The van der Waals surface area contributed by atoms with E-state index >= 15 is 0 Å². The van der Waals surface area contributed by atoms with Crippen molar-refractivity contribution < 1.29 is 61.4 Å². The maximum Gasteiger partial charge on any atom is 1.00 e. The standard InChI is InChI=1S/2Li.H2O5SSi.H3Si.H/c;;1-6(2,3)7(4)5;;/h;;4H,(H,1,2,3);1H3;/q2*+1;;2*-1. The fraction of sp³-hybridized carbons (Fsp3) is 0. The fourth-order valence-electron chi connectivity index (χ4n) is 0. The summed E-state index contributed by atoms with van der Waals surface area (Å²) in [5.41, 5.74) is 0. The summed E-state index contributed by atoms with van der Waals surface area (Å²) in [6.45, 7) is 0. The van der Waals surface area contributed by atoms with Crippen molar-refractivity contribution in [2.24, 2.45) is 0 Å². The van der Waals surface area contributed by atoms with Crippen molar-refractivity contribution in [2.75, 3.05) is 0 Å². The predicted octanol–water partition coefficient (Wildman–Crippen LogP) is -8.78. The molecule has 0 saturated heterocycles. The van der Waals surface area contributed by atoms with Crippen LogP contribution in [-0.4, -0.2) is 36.8 Å². The van der Waals surface area contributed by atoms with Gasteiger partial charge in [-0.1, -0.05) is 0 Å². The summed E-state index contributed by atoms with van der Waals surface area (Å²) in [6, 6.07) is 0. The Bertz CT molecular complexity index is 177. The second-order valence-corrected chi connectivity index (χ2v) is 4.82. The average Bonchev–Trinajstić information content (AvgIpc) is 1.31. The van der Waals surface area contributed by atoms with Crippen LogP contribution in [0.5, 0.6) is 0 Å². The van der Waals surface area contributed by atoms with E-state index < -0.39 is 17.6 Å². The summed E-state index contributed by atoms with van der Waals surface area (Å²) in [5.74, 6) is 0. The summed E-state index contributed by atoms with van der Waals surface area (Å²) >= 11 is 0. The first-order chi connectivity index (χ1) is 2.94. The van der Waals surface area contributed by atoms with Crippen LogP contribution in [0.3, 0.4) is 0 Å². The second-order valence-electron chi connectivity index (χ2n) is 0.741. The average molecular weight is 188 g/mol. The summed E-state index contributed by atoms with van der Waals surface area (Å²) in [5, 5.41) is 0. The SMILES string of the molecule is O=[Si](O)S(=O)(=O)O.[H-].[Li+].[Li+].[SiH3-]. The Kier molecular flexibility index (Phi) is 18.5. The first kappa shape index (κ1) is 22.5. The molecule has 0 amide bonds. The third kappa shape index (κ3) is 11.9. The van der Waals surface area contributed by atoms with E-state index in [1.807, 2.05) is 0 Å². The Morgan fingerprint density at radius 2 is 1.40 bits per heavy atom. The van der Waals surface area contributed by atoms with Crippen molar-refractivity contribution in [1.82, 2.24) is 0 Å². The first-order valence-electron chi connectivity index (χ1n) is 1.15. The van der Waals surface area contributed by atoms with Gasteiger partial charge in [0.05, 0.1) is 0 Å². The Morgan fingerprint density at radius 3 is 1.40 bits per heavy atom. The van der Waals surface area contributed by atoms with E-state index in [4.69, 9.17) is 9.35 Å². The largest absolute Gasteiger partial charge is 1.00 e. The van der Waals surface area contributed by atoms with E-state index in [1.165, 1.54) is 0 Å². The van der Waals surface area contributed by atoms with Crippen LogP contribution >= 0.6 is 0 Å². The van der Waals surface area contributed by atoms with Gasteiger partial charge < -0.3 is 21.6 Å². The zero-order valence-corrected chi connectivity index (χ0v) is 9.84. The minimum Gasteiger partial charge on any atom is -1.00 e. The van der Waals surface area contributed by atoms with Gasteiger partial charge in [-0.2, -0.15) is 8.42 Å². The first-order valence-corrected chi connectivity index (χ1v) is 4.67. The maximum atomic E-state index is 9.37. The van der Waals surface area contributed by atoms with Crippen LogP contribution in [0.15, 0.2) is 0 Å². The quantitative estimate of drug-likeness (QED) is 0.315. The van der Waals surface area contributed by atoms with Crippen LogP contribution in [0.25, 0.3) is 0 Å². The minimum atomic E-state index is -4.64. The van der Waals surface area contributed by atoms with E-state index in [9.17, 15) is 12.9 Å². The number of hydrogen-bond donors (Lipinski definition) is 2. The van der Waals surface area contributed by atoms with E-state index in [-0.39, 0.29) is 50.1 Å². The van der Waals surface area contributed by atoms with Gasteiger partial charge in [0.15, 0.2) is 0 Å². The molecule has 0 aliphatic carbocycles. The molecule has 0 fully saturated rings. The number of rotatable bonds is 1. The van der Waals surface area contributed by atoms with E-state index in [1.54, 1.807) is 0 Å². The summed E-state index contributed by atoms with van der Waals surface area (Å²) in [4.78, 5) is 7.60. The van der Waals surface area contributed by atoms with Crippen molar-refractivity contribution in [2.45, 2.75) is 0 Å². The molecule has 0 bridgehead atoms. The summed E-state index contributed by atoms with van der Waals surface area (Å²) in [7, 11) is -8.41. The van der Waals surface area contributed by atoms with Crippen molar-refractivity contribution in [3.05, 3.63) is 0 Å². The van der Waals surface area contributed by atoms with Crippen molar-refractivity contribution in [3.8, 4) is 0 Å². The third-order valence-corrected chi connectivity index (χ3v) is 1.99. The summed E-state index contributed by atoms with van der Waals surface area (Å²) in [6.07, 6.45) is 0. The Balaban J connectivity index is -0.0000000300. The molecule has 10 heteroatoms. The molecule has 0 rings (SSSR count). The molecule has 0 aliphatic heterocycles. The fourth-order valence-corrected chi connectivity index (χ4v) is 0. The molecule has 10 heavy (non-hydrogen) atoms. The Morgan fingerprint density at radius 1 is 1.30 bits per heavy atom. The van der Waals surface area contributed by atoms with Gasteiger partial charge in [0.2, 0.25) is 0 Å². The van der Waals surface area contributed by atoms with Gasteiger partial charge in [-0.05, 0) is 0 Å². The Labute approximate surface area is 89.6 Å². The molecule has 0 saturated carbocycles. The van der Waals surface area contributed by atoms with Gasteiger partial charge in [0.25, 0.3) is 0 Å². The topological polar surface area (TPSA) is 91.7 Å². The van der Waals surface area contributed by atoms with Crippen LogP contribution in [0, 0.1) is 0 Å². The van der Waals surface area contributed by atoms with Crippen LogP contribution in [-0.2, 0) is 14.0 Å². The molecule has 0 spiro atoms. The molecule has 2 N–H and O–H groups in total. The molecule has 0 atom stereocenters. The maximum absolute atomic E-state index is 9.37. The van der Waals surface area contributed by atoms with Crippen LogP contribution < -0.4 is 37.7 Å². The minimum absolute atomic E-state index is 0. The molecule has 0 aromatic rings. The van der Waals surface area contributed by atoms with Crippen molar-refractivity contribution in [3.63, 3.8) is 0 Å². The molecule has 0 aromatic heterocycles. The molecular formula is H6Li2O5SSi2. The van der Waals surface area contributed by atoms with Crippen molar-refractivity contribution in [1.29, 1.82) is 0 Å². The molecule has 5 nitrogen and oxygen atoms in total. The summed E-state index contributed by atoms with van der Waals surface area (Å²) < 4.78 is 35.7. The normalized spacial score (nSPS) is 7.70. The monoisotopic (exact) mass is 188 g/mol. The van der Waals surface area contributed by atoms with Crippen LogP contribution in [0.1, 0.15) is 1.43 Å². The Hall–Kier alpha value is 1.14. The zero-order valence-electron chi connectivity index (χ0n) is 7.03. The molecule has 0 aromatic carbocycles. The molecule has 0 heterocycles. The molecule has 0 aliphatic rings. The zero-order chi connectivity index (χ0) is 6.08. The molecular weight excluding hydrogens is 182 g/mol.